The average molecular weight is 378 g/mol. The van der Waals surface area contributed by atoms with Gasteiger partial charge in [-0.25, -0.2) is 15.0 Å². The van der Waals surface area contributed by atoms with Crippen LogP contribution in [-0.4, -0.2) is 34.7 Å². The highest BCUT2D eigenvalue weighted by Gasteiger charge is 2.17. The molecule has 0 aliphatic heterocycles. The molecule has 0 saturated heterocycles. The number of pyridine rings is 1. The Morgan fingerprint density at radius 3 is 2.81 bits per heavy atom. The lowest BCUT2D eigenvalue weighted by Gasteiger charge is -2.09. The Morgan fingerprint density at radius 1 is 1.11 bits per heavy atom. The lowest BCUT2D eigenvalue weighted by Crippen LogP contribution is -2.06. The molecule has 0 amide bonds. The van der Waals surface area contributed by atoms with Crippen molar-refractivity contribution in [1.82, 2.24) is 34.7 Å². The number of aromatic amines is 2. The van der Waals surface area contributed by atoms with Gasteiger partial charge in [0.1, 0.15) is 22.4 Å². The van der Waals surface area contributed by atoms with Crippen molar-refractivity contribution in [1.29, 1.82) is 0 Å². The Balaban J connectivity index is 1.85. The van der Waals surface area contributed by atoms with Crippen molar-refractivity contribution in [3.63, 3.8) is 0 Å². The Kier molecular flexibility index (Phi) is 3.34. The summed E-state index contributed by atoms with van der Waals surface area (Å²) in [5.74, 6) is 0. The molecular formula is C18H12ClN7O. The highest BCUT2D eigenvalue weighted by atomic mass is 35.5. The molecule has 27 heavy (non-hydrogen) atoms. The fourth-order valence-electron chi connectivity index (χ4n) is 3.03. The van der Waals surface area contributed by atoms with Gasteiger partial charge in [0, 0.05) is 24.9 Å². The van der Waals surface area contributed by atoms with E-state index in [2.05, 4.69) is 25.0 Å². The van der Waals surface area contributed by atoms with Gasteiger partial charge in [0.2, 0.25) is 5.56 Å². The lowest BCUT2D eigenvalue weighted by molar-refractivity contribution is 0.770. The largest absolute Gasteiger partial charge is 0.345 e. The Hall–Kier alpha value is -3.52. The predicted molar refractivity (Wildman–Crippen MR) is 102 cm³/mol. The van der Waals surface area contributed by atoms with Crippen LogP contribution < -0.4 is 5.56 Å². The molecule has 1 aromatic carbocycles. The molecule has 0 fully saturated rings. The van der Waals surface area contributed by atoms with E-state index in [4.69, 9.17) is 16.6 Å². The number of aryl methyl sites for hydroxylation is 1. The second kappa shape index (κ2) is 5.75. The molecule has 0 aliphatic carbocycles. The molecule has 0 bridgehead atoms. The van der Waals surface area contributed by atoms with Gasteiger partial charge in [-0.2, -0.15) is 5.10 Å². The summed E-state index contributed by atoms with van der Waals surface area (Å²) in [6, 6.07) is 8.63. The third-order valence-electron chi connectivity index (χ3n) is 4.26. The van der Waals surface area contributed by atoms with Crippen molar-refractivity contribution in [2.24, 2.45) is 7.05 Å². The number of imidazole rings is 1. The molecule has 8 nitrogen and oxygen atoms in total. The summed E-state index contributed by atoms with van der Waals surface area (Å²) in [7, 11) is 1.83. The van der Waals surface area contributed by atoms with Crippen molar-refractivity contribution in [3.05, 3.63) is 58.2 Å². The monoisotopic (exact) mass is 377 g/mol. The van der Waals surface area contributed by atoms with E-state index in [-0.39, 0.29) is 5.56 Å². The van der Waals surface area contributed by atoms with Crippen molar-refractivity contribution >= 4 is 33.8 Å². The minimum Gasteiger partial charge on any atom is -0.345 e. The van der Waals surface area contributed by atoms with Crippen LogP contribution in [-0.2, 0) is 7.05 Å². The normalized spacial score (nSPS) is 11.5. The molecule has 4 aromatic heterocycles. The van der Waals surface area contributed by atoms with Crippen LogP contribution in [0.25, 0.3) is 44.8 Å². The summed E-state index contributed by atoms with van der Waals surface area (Å²) >= 11 is 6.40. The molecule has 0 unspecified atom stereocenters. The van der Waals surface area contributed by atoms with Gasteiger partial charge in [-0.3, -0.25) is 9.48 Å². The number of nitrogens with one attached hydrogen (secondary N) is 2. The highest BCUT2D eigenvalue weighted by Crippen LogP contribution is 2.33. The minimum absolute atomic E-state index is 0.238. The zero-order valence-electron chi connectivity index (χ0n) is 14.1. The Labute approximate surface area is 156 Å². The Bertz CT molecular complexity index is 1380. The second-order valence-electron chi connectivity index (χ2n) is 6.11. The van der Waals surface area contributed by atoms with Crippen LogP contribution in [0.15, 0.2) is 47.7 Å². The first-order valence-corrected chi connectivity index (χ1v) is 8.50. The number of rotatable bonds is 2. The van der Waals surface area contributed by atoms with Crippen LogP contribution in [0.4, 0.5) is 0 Å². The maximum absolute atomic E-state index is 11.7. The quantitative estimate of drug-likeness (QED) is 0.492. The first kappa shape index (κ1) is 15.7. The third-order valence-corrected chi connectivity index (χ3v) is 4.55. The summed E-state index contributed by atoms with van der Waals surface area (Å²) in [5.41, 5.74) is 4.83. The minimum atomic E-state index is -0.238. The molecule has 5 rings (SSSR count). The predicted octanol–water partition coefficient (Wildman–Crippen LogP) is 2.92. The van der Waals surface area contributed by atoms with Crippen molar-refractivity contribution in [2.45, 2.75) is 0 Å². The van der Waals surface area contributed by atoms with Crippen molar-refractivity contribution in [2.75, 3.05) is 0 Å². The zero-order valence-corrected chi connectivity index (χ0v) is 14.8. The van der Waals surface area contributed by atoms with E-state index in [0.717, 1.165) is 11.1 Å². The van der Waals surface area contributed by atoms with Crippen LogP contribution in [0.2, 0.25) is 5.02 Å². The molecular weight excluding hydrogens is 366 g/mol. The SMILES string of the molecule is Cn1ccc(-c2nc3[nH]c(=O)ccc3nc2-c2cc(Cl)c3nc[nH]c3c2)n1. The highest BCUT2D eigenvalue weighted by molar-refractivity contribution is 6.35. The molecule has 0 spiro atoms. The number of hydrogen-bond acceptors (Lipinski definition) is 5. The van der Waals surface area contributed by atoms with Gasteiger partial charge in [0.05, 0.1) is 22.6 Å². The number of halogens is 1. The van der Waals surface area contributed by atoms with Gasteiger partial charge >= 0.3 is 0 Å². The van der Waals surface area contributed by atoms with E-state index in [9.17, 15) is 4.79 Å². The number of nitrogens with zero attached hydrogens (tertiary/aromatic N) is 5. The third kappa shape index (κ3) is 2.58. The maximum atomic E-state index is 11.7. The van der Waals surface area contributed by atoms with E-state index in [1.807, 2.05) is 25.4 Å². The maximum Gasteiger partial charge on any atom is 0.249 e. The number of fused-ring (bicyclic) bond motifs is 2. The number of H-pyrrole nitrogens is 2. The van der Waals surface area contributed by atoms with Crippen molar-refractivity contribution in [3.8, 4) is 22.6 Å². The topological polar surface area (TPSA) is 105 Å². The summed E-state index contributed by atoms with van der Waals surface area (Å²) in [5, 5.41) is 4.95. The van der Waals surface area contributed by atoms with Crippen LogP contribution in [0.5, 0.6) is 0 Å². The van der Waals surface area contributed by atoms with E-state index < -0.39 is 0 Å². The summed E-state index contributed by atoms with van der Waals surface area (Å²) in [6.07, 6.45) is 3.42. The van der Waals surface area contributed by atoms with Crippen LogP contribution in [0.3, 0.4) is 0 Å². The zero-order chi connectivity index (χ0) is 18.5. The molecule has 4 heterocycles. The van der Waals surface area contributed by atoms with Gasteiger partial charge < -0.3 is 9.97 Å². The number of hydrogen-bond donors (Lipinski definition) is 2. The lowest BCUT2D eigenvalue weighted by atomic mass is 10.1. The molecule has 5 aromatic rings. The van der Waals surface area contributed by atoms with Gasteiger partial charge in [-0.15, -0.1) is 0 Å². The molecule has 132 valence electrons. The molecule has 2 N–H and O–H groups in total. The van der Waals surface area contributed by atoms with E-state index in [0.29, 0.717) is 38.8 Å². The van der Waals surface area contributed by atoms with Crippen molar-refractivity contribution < 1.29 is 0 Å². The van der Waals surface area contributed by atoms with Crippen LogP contribution >= 0.6 is 11.6 Å². The van der Waals surface area contributed by atoms with Gasteiger partial charge in [0.25, 0.3) is 0 Å². The van der Waals surface area contributed by atoms with Gasteiger partial charge in [-0.1, -0.05) is 11.6 Å². The van der Waals surface area contributed by atoms with E-state index in [1.54, 1.807) is 23.1 Å². The number of aromatic nitrogens is 7. The van der Waals surface area contributed by atoms with Crippen LogP contribution in [0.1, 0.15) is 0 Å². The first-order chi connectivity index (χ1) is 13.1. The summed E-state index contributed by atoms with van der Waals surface area (Å²) in [4.78, 5) is 31.0. The Morgan fingerprint density at radius 2 is 2.00 bits per heavy atom. The second-order valence-corrected chi connectivity index (χ2v) is 6.52. The van der Waals surface area contributed by atoms with Crippen LogP contribution in [0, 0.1) is 0 Å². The smallest absolute Gasteiger partial charge is 0.249 e. The molecule has 0 atom stereocenters. The van der Waals surface area contributed by atoms with Gasteiger partial charge in [-0.05, 0) is 24.3 Å². The molecule has 9 heteroatoms. The molecule has 0 radical (unpaired) electrons. The first-order valence-electron chi connectivity index (χ1n) is 8.12. The summed E-state index contributed by atoms with van der Waals surface area (Å²) < 4.78 is 1.68. The fourth-order valence-corrected chi connectivity index (χ4v) is 3.30. The van der Waals surface area contributed by atoms with Gasteiger partial charge in [0.15, 0.2) is 5.65 Å². The molecule has 0 aliphatic rings. The number of benzene rings is 1. The van der Waals surface area contributed by atoms with E-state index in [1.165, 1.54) is 6.07 Å². The summed E-state index contributed by atoms with van der Waals surface area (Å²) in [6.45, 7) is 0. The standard InChI is InChI=1S/C18H12ClN7O/c1-26-5-4-11(25-26)17-15(22-12-2-3-14(27)23-18(12)24-17)9-6-10(19)16-13(7-9)20-8-21-16/h2-8H,1H3,(H,20,21)(H,23,24,27). The fraction of sp³-hybridized carbons (Fsp3) is 0.0556. The van der Waals surface area contributed by atoms with E-state index >= 15 is 0 Å². The molecule has 0 saturated carbocycles. The average Bonchev–Trinajstić information content (AvgIpc) is 3.29.